The summed E-state index contributed by atoms with van der Waals surface area (Å²) in [4.78, 5) is 12.1. The summed E-state index contributed by atoms with van der Waals surface area (Å²) < 4.78 is 0.695. The summed E-state index contributed by atoms with van der Waals surface area (Å²) >= 11 is 9.36. The molecule has 0 aromatic heterocycles. The number of aliphatic hydroxyl groups excluding tert-OH is 1. The normalized spacial score (nSPS) is 23.7. The molecule has 1 fully saturated rings. The van der Waals surface area contributed by atoms with E-state index in [9.17, 15) is 9.90 Å². The molecular weight excluding hydrogens is 318 g/mol. The Balaban J connectivity index is 2.09. The Labute approximate surface area is 120 Å². The van der Waals surface area contributed by atoms with Gasteiger partial charge in [0.05, 0.1) is 22.7 Å². The van der Waals surface area contributed by atoms with Gasteiger partial charge >= 0.3 is 0 Å². The Morgan fingerprint density at radius 3 is 2.83 bits per heavy atom. The molecule has 1 aromatic carbocycles. The van der Waals surface area contributed by atoms with E-state index in [-0.39, 0.29) is 11.9 Å². The van der Waals surface area contributed by atoms with Gasteiger partial charge in [0.15, 0.2) is 0 Å². The molecule has 5 heteroatoms. The fourth-order valence-corrected chi connectivity index (χ4v) is 2.78. The van der Waals surface area contributed by atoms with Crippen molar-refractivity contribution in [2.24, 2.45) is 0 Å². The van der Waals surface area contributed by atoms with Crippen LogP contribution >= 0.6 is 27.5 Å². The molecule has 0 aliphatic heterocycles. The lowest BCUT2D eigenvalue weighted by Crippen LogP contribution is -2.45. The van der Waals surface area contributed by atoms with E-state index in [4.69, 9.17) is 11.6 Å². The highest BCUT2D eigenvalue weighted by atomic mass is 79.9. The molecule has 0 bridgehead atoms. The highest BCUT2D eigenvalue weighted by molar-refractivity contribution is 9.10. The SMILES string of the molecule is O=C(N[C@H]1CCCC[C@@H]1O)c1cccc(Br)c1Cl. The molecule has 1 amide bonds. The van der Waals surface area contributed by atoms with Crippen molar-refractivity contribution in [3.8, 4) is 0 Å². The molecule has 0 saturated heterocycles. The van der Waals surface area contributed by atoms with Crippen LogP contribution in [0.2, 0.25) is 5.02 Å². The van der Waals surface area contributed by atoms with Crippen molar-refractivity contribution in [3.63, 3.8) is 0 Å². The van der Waals surface area contributed by atoms with E-state index in [0.717, 1.165) is 25.7 Å². The second kappa shape index (κ2) is 6.04. The minimum Gasteiger partial charge on any atom is -0.391 e. The van der Waals surface area contributed by atoms with E-state index in [1.54, 1.807) is 18.2 Å². The first kappa shape index (κ1) is 13.8. The number of hydrogen-bond acceptors (Lipinski definition) is 2. The molecule has 2 N–H and O–H groups in total. The van der Waals surface area contributed by atoms with E-state index in [2.05, 4.69) is 21.2 Å². The molecule has 1 aliphatic carbocycles. The van der Waals surface area contributed by atoms with E-state index < -0.39 is 6.10 Å². The number of rotatable bonds is 2. The Kier molecular flexibility index (Phi) is 4.65. The molecule has 0 radical (unpaired) electrons. The first-order valence-electron chi connectivity index (χ1n) is 6.02. The van der Waals surface area contributed by atoms with Crippen LogP contribution in [0.4, 0.5) is 0 Å². The largest absolute Gasteiger partial charge is 0.391 e. The second-order valence-corrected chi connectivity index (χ2v) is 5.77. The molecule has 0 spiro atoms. The number of hydrogen-bond donors (Lipinski definition) is 2. The van der Waals surface area contributed by atoms with Crippen molar-refractivity contribution in [2.45, 2.75) is 37.8 Å². The van der Waals surface area contributed by atoms with Gasteiger partial charge in [-0.3, -0.25) is 4.79 Å². The standard InChI is InChI=1S/C13H15BrClNO2/c14-9-5-3-4-8(12(9)15)13(18)16-10-6-1-2-7-11(10)17/h3-5,10-11,17H,1-2,6-7H2,(H,16,18)/t10-,11-/m0/s1. The summed E-state index contributed by atoms with van der Waals surface area (Å²) in [6, 6.07) is 5.07. The highest BCUT2D eigenvalue weighted by Crippen LogP contribution is 2.26. The summed E-state index contributed by atoms with van der Waals surface area (Å²) in [5, 5.41) is 13.1. The number of halogens is 2. The summed E-state index contributed by atoms with van der Waals surface area (Å²) in [5.41, 5.74) is 0.434. The number of aliphatic hydroxyl groups is 1. The lowest BCUT2D eigenvalue weighted by Gasteiger charge is -2.28. The fourth-order valence-electron chi connectivity index (χ4n) is 2.20. The predicted octanol–water partition coefficient (Wildman–Crippen LogP) is 3.14. The van der Waals surface area contributed by atoms with Crippen molar-refractivity contribution in [2.75, 3.05) is 0 Å². The van der Waals surface area contributed by atoms with Crippen molar-refractivity contribution in [1.82, 2.24) is 5.32 Å². The first-order chi connectivity index (χ1) is 8.59. The molecule has 1 aromatic rings. The van der Waals surface area contributed by atoms with Gasteiger partial charge in [-0.25, -0.2) is 0 Å². The van der Waals surface area contributed by atoms with Crippen LogP contribution in [0.25, 0.3) is 0 Å². The van der Waals surface area contributed by atoms with Crippen LogP contribution in [0.1, 0.15) is 36.0 Å². The Bertz CT molecular complexity index is 453. The van der Waals surface area contributed by atoms with Crippen LogP contribution in [0.15, 0.2) is 22.7 Å². The third-order valence-corrected chi connectivity index (χ3v) is 4.54. The third kappa shape index (κ3) is 3.05. The maximum atomic E-state index is 12.1. The van der Waals surface area contributed by atoms with Gasteiger partial charge in [0.2, 0.25) is 0 Å². The van der Waals surface area contributed by atoms with Gasteiger partial charge in [-0.15, -0.1) is 0 Å². The minimum atomic E-state index is -0.450. The molecule has 2 rings (SSSR count). The van der Waals surface area contributed by atoms with Gasteiger partial charge in [-0.05, 0) is 40.9 Å². The van der Waals surface area contributed by atoms with E-state index in [1.165, 1.54) is 0 Å². The van der Waals surface area contributed by atoms with Crippen LogP contribution in [0.5, 0.6) is 0 Å². The summed E-state index contributed by atoms with van der Waals surface area (Å²) in [6.45, 7) is 0. The summed E-state index contributed by atoms with van der Waals surface area (Å²) in [5.74, 6) is -0.229. The lowest BCUT2D eigenvalue weighted by atomic mass is 9.92. The van der Waals surface area contributed by atoms with Gasteiger partial charge in [-0.1, -0.05) is 30.5 Å². The summed E-state index contributed by atoms with van der Waals surface area (Å²) in [6.07, 6.45) is 3.17. The number of nitrogens with one attached hydrogen (secondary N) is 1. The van der Waals surface area contributed by atoms with Crippen molar-refractivity contribution >= 4 is 33.4 Å². The molecule has 3 nitrogen and oxygen atoms in total. The molecule has 1 aliphatic rings. The lowest BCUT2D eigenvalue weighted by molar-refractivity contribution is 0.0717. The van der Waals surface area contributed by atoms with Crippen molar-refractivity contribution in [3.05, 3.63) is 33.3 Å². The van der Waals surface area contributed by atoms with Crippen LogP contribution in [-0.2, 0) is 0 Å². The van der Waals surface area contributed by atoms with Crippen LogP contribution in [0.3, 0.4) is 0 Å². The van der Waals surface area contributed by atoms with Crippen LogP contribution in [-0.4, -0.2) is 23.2 Å². The molecule has 0 heterocycles. The second-order valence-electron chi connectivity index (χ2n) is 4.53. The molecule has 2 atom stereocenters. The fraction of sp³-hybridized carbons (Fsp3) is 0.462. The van der Waals surface area contributed by atoms with E-state index >= 15 is 0 Å². The molecule has 98 valence electrons. The number of benzene rings is 1. The third-order valence-electron chi connectivity index (χ3n) is 3.24. The first-order valence-corrected chi connectivity index (χ1v) is 7.19. The minimum absolute atomic E-state index is 0.165. The van der Waals surface area contributed by atoms with Crippen molar-refractivity contribution < 1.29 is 9.90 Å². The molecule has 0 unspecified atom stereocenters. The summed E-state index contributed by atoms with van der Waals surface area (Å²) in [7, 11) is 0. The van der Waals surface area contributed by atoms with Gasteiger partial charge < -0.3 is 10.4 Å². The monoisotopic (exact) mass is 331 g/mol. The zero-order chi connectivity index (χ0) is 13.1. The number of amides is 1. The van der Waals surface area contributed by atoms with E-state index in [0.29, 0.717) is 15.1 Å². The zero-order valence-corrected chi connectivity index (χ0v) is 12.2. The zero-order valence-electron chi connectivity index (χ0n) is 9.83. The molecule has 1 saturated carbocycles. The average molecular weight is 333 g/mol. The molecule has 18 heavy (non-hydrogen) atoms. The van der Waals surface area contributed by atoms with Gasteiger partial charge in [0.25, 0.3) is 5.91 Å². The van der Waals surface area contributed by atoms with Crippen LogP contribution < -0.4 is 5.32 Å². The average Bonchev–Trinajstić information content (AvgIpc) is 2.35. The predicted molar refractivity (Wildman–Crippen MR) is 74.9 cm³/mol. The maximum absolute atomic E-state index is 12.1. The maximum Gasteiger partial charge on any atom is 0.253 e. The molecular formula is C13H15BrClNO2. The Hall–Kier alpha value is -0.580. The van der Waals surface area contributed by atoms with Crippen LogP contribution in [0, 0.1) is 0 Å². The number of carbonyl (C=O) groups excluding carboxylic acids is 1. The van der Waals surface area contributed by atoms with Gasteiger partial charge in [0.1, 0.15) is 0 Å². The quantitative estimate of drug-likeness (QED) is 0.874. The van der Waals surface area contributed by atoms with Gasteiger partial charge in [-0.2, -0.15) is 0 Å². The van der Waals surface area contributed by atoms with E-state index in [1.807, 2.05) is 0 Å². The Morgan fingerprint density at radius 1 is 1.39 bits per heavy atom. The topological polar surface area (TPSA) is 49.3 Å². The van der Waals surface area contributed by atoms with Crippen molar-refractivity contribution in [1.29, 1.82) is 0 Å². The smallest absolute Gasteiger partial charge is 0.253 e. The highest BCUT2D eigenvalue weighted by Gasteiger charge is 2.25. The van der Waals surface area contributed by atoms with Gasteiger partial charge in [0, 0.05) is 4.47 Å². The number of carbonyl (C=O) groups is 1. The Morgan fingerprint density at radius 2 is 2.11 bits per heavy atom.